The van der Waals surface area contributed by atoms with Crippen LogP contribution in [0.25, 0.3) is 33.4 Å². The van der Waals surface area contributed by atoms with Crippen LogP contribution in [0.4, 0.5) is 0 Å². The molecule has 0 unspecified atom stereocenters. The van der Waals surface area contributed by atoms with Crippen molar-refractivity contribution in [1.29, 1.82) is 21.0 Å². The van der Waals surface area contributed by atoms with Gasteiger partial charge >= 0.3 is 0 Å². The zero-order valence-electron chi connectivity index (χ0n) is 24.6. The van der Waals surface area contributed by atoms with Crippen LogP contribution in [0.15, 0.2) is 140 Å². The van der Waals surface area contributed by atoms with Crippen LogP contribution in [0.5, 0.6) is 0 Å². The molecule has 48 heavy (non-hydrogen) atoms. The molecule has 0 bridgehead atoms. The highest BCUT2D eigenvalue weighted by Gasteiger charge is 2.38. The normalized spacial score (nSPS) is 12.3. The summed E-state index contributed by atoms with van der Waals surface area (Å²) in [6.07, 6.45) is 0. The number of allylic oxidation sites excluding steroid dienone is 2. The van der Waals surface area contributed by atoms with Gasteiger partial charge in [-0.1, -0.05) is 60.7 Å². The lowest BCUT2D eigenvalue weighted by Gasteiger charge is -2.12. The fraction of sp³-hybridized carbons (Fsp3) is 0. The Balaban J connectivity index is 1.57. The summed E-state index contributed by atoms with van der Waals surface area (Å²) in [5.74, 6) is 0. The molecule has 0 N–H and O–H groups in total. The van der Waals surface area contributed by atoms with E-state index in [-0.39, 0.29) is 41.9 Å². The van der Waals surface area contributed by atoms with Gasteiger partial charge in [0.15, 0.2) is 0 Å². The maximum absolute atomic E-state index is 13.7. The van der Waals surface area contributed by atoms with Crippen LogP contribution in [-0.2, 0) is 19.7 Å². The molecule has 0 saturated heterocycles. The Morgan fingerprint density at radius 1 is 0.396 bits per heavy atom. The van der Waals surface area contributed by atoms with Crippen LogP contribution in [0.1, 0.15) is 22.3 Å². The van der Waals surface area contributed by atoms with Crippen molar-refractivity contribution in [3.8, 4) is 46.5 Å². The molecule has 5 aromatic rings. The number of hydrogen-bond acceptors (Lipinski definition) is 8. The molecule has 0 saturated carbocycles. The summed E-state index contributed by atoms with van der Waals surface area (Å²) in [7, 11) is -7.94. The number of fused-ring (bicyclic) bond motifs is 7. The number of hydrogen-bond donors (Lipinski definition) is 0. The minimum absolute atomic E-state index is 0.00378. The van der Waals surface area contributed by atoms with Crippen molar-refractivity contribution in [2.24, 2.45) is 0 Å². The number of nitriles is 4. The highest BCUT2D eigenvalue weighted by atomic mass is 32.2. The Hall–Kier alpha value is -6.56. The molecule has 0 heterocycles. The zero-order chi connectivity index (χ0) is 33.8. The number of rotatable bonds is 4. The molecule has 226 valence electrons. The molecule has 0 atom stereocenters. The molecular formula is C38H18N4O4S2. The Kier molecular flexibility index (Phi) is 6.93. The molecule has 10 heteroatoms. The summed E-state index contributed by atoms with van der Waals surface area (Å²) in [5.41, 5.74) is 3.56. The van der Waals surface area contributed by atoms with E-state index in [0.717, 1.165) is 0 Å². The van der Waals surface area contributed by atoms with Gasteiger partial charge in [-0.2, -0.15) is 21.0 Å². The van der Waals surface area contributed by atoms with E-state index in [9.17, 15) is 37.9 Å². The van der Waals surface area contributed by atoms with Gasteiger partial charge in [0, 0.05) is 16.7 Å². The molecule has 8 nitrogen and oxygen atoms in total. The van der Waals surface area contributed by atoms with E-state index in [1.54, 1.807) is 60.7 Å². The van der Waals surface area contributed by atoms with Gasteiger partial charge < -0.3 is 0 Å². The predicted molar refractivity (Wildman–Crippen MR) is 176 cm³/mol. The van der Waals surface area contributed by atoms with E-state index < -0.39 is 19.7 Å². The highest BCUT2D eigenvalue weighted by molar-refractivity contribution is 7.91. The minimum atomic E-state index is -4.00. The Labute approximate surface area is 276 Å². The van der Waals surface area contributed by atoms with Gasteiger partial charge in [0.05, 0.1) is 19.6 Å². The van der Waals surface area contributed by atoms with Crippen molar-refractivity contribution in [2.75, 3.05) is 0 Å². The average Bonchev–Trinajstić information content (AvgIpc) is 3.62. The molecule has 2 aliphatic rings. The van der Waals surface area contributed by atoms with E-state index in [0.29, 0.717) is 44.5 Å². The lowest BCUT2D eigenvalue weighted by Crippen LogP contribution is -2.02. The molecule has 0 aromatic heterocycles. The van der Waals surface area contributed by atoms with Gasteiger partial charge in [-0.3, -0.25) is 0 Å². The summed E-state index contributed by atoms with van der Waals surface area (Å²) >= 11 is 0. The van der Waals surface area contributed by atoms with E-state index in [1.165, 1.54) is 48.5 Å². The standard InChI is InChI=1S/C38H18N4O4S2/c39-19-23(20-40)35-31-14-12-28(48(45,46)26-9-5-2-6-10-26)18-34(31)37-32(35)16-15-30-33-17-27(47(43,44)25-7-3-1-4-8-25)11-13-29(33)36(38(30)37)24(21-41)22-42/h1-18H. The number of sulfone groups is 2. The monoisotopic (exact) mass is 658 g/mol. The fourth-order valence-corrected chi connectivity index (χ4v) is 8.99. The minimum Gasteiger partial charge on any atom is -0.219 e. The van der Waals surface area contributed by atoms with Crippen LogP contribution < -0.4 is 0 Å². The first-order chi connectivity index (χ1) is 23.2. The molecule has 5 aromatic carbocycles. The summed E-state index contributed by atoms with van der Waals surface area (Å²) in [4.78, 5) is 0.136. The van der Waals surface area contributed by atoms with E-state index in [1.807, 2.05) is 24.3 Å². The smallest absolute Gasteiger partial charge is 0.206 e. The largest absolute Gasteiger partial charge is 0.219 e. The van der Waals surface area contributed by atoms with Crippen molar-refractivity contribution in [1.82, 2.24) is 0 Å². The Morgan fingerprint density at radius 2 is 0.812 bits per heavy atom. The first kappa shape index (κ1) is 30.1. The third-order valence-corrected chi connectivity index (χ3v) is 12.0. The number of nitrogens with zero attached hydrogens (tertiary/aromatic N) is 4. The predicted octanol–water partition coefficient (Wildman–Crippen LogP) is 7.01. The summed E-state index contributed by atoms with van der Waals surface area (Å²) in [6, 6.07) is 35.9. The summed E-state index contributed by atoms with van der Waals surface area (Å²) in [5, 5.41) is 40.1. The second-order valence-corrected chi connectivity index (χ2v) is 14.8. The highest BCUT2D eigenvalue weighted by Crippen LogP contribution is 2.57. The van der Waals surface area contributed by atoms with Crippen LogP contribution in [-0.4, -0.2) is 16.8 Å². The summed E-state index contributed by atoms with van der Waals surface area (Å²) in [6.45, 7) is 0. The second-order valence-electron chi connectivity index (χ2n) is 10.9. The van der Waals surface area contributed by atoms with Gasteiger partial charge in [-0.25, -0.2) is 16.8 Å². The van der Waals surface area contributed by atoms with E-state index in [2.05, 4.69) is 0 Å². The first-order valence-corrected chi connectivity index (χ1v) is 17.3. The van der Waals surface area contributed by atoms with Crippen molar-refractivity contribution < 1.29 is 16.8 Å². The van der Waals surface area contributed by atoms with Gasteiger partial charge in [-0.05, 0) is 87.5 Å². The zero-order valence-corrected chi connectivity index (χ0v) is 26.3. The topological polar surface area (TPSA) is 163 Å². The molecule has 0 amide bonds. The van der Waals surface area contributed by atoms with Crippen LogP contribution in [0.3, 0.4) is 0 Å². The molecule has 7 rings (SSSR count). The van der Waals surface area contributed by atoms with E-state index >= 15 is 0 Å². The molecule has 0 radical (unpaired) electrons. The van der Waals surface area contributed by atoms with Crippen LogP contribution in [0.2, 0.25) is 0 Å². The van der Waals surface area contributed by atoms with Crippen LogP contribution in [0, 0.1) is 45.3 Å². The Bertz CT molecular complexity index is 2690. The SMILES string of the molecule is N#CC(C#N)=C1c2ccc(S(=O)(=O)c3ccccc3)cc2-c2c1ccc1c2C(=C(C#N)C#N)c2ccc(S(=O)(=O)c3ccccc3)cc2-1. The molecule has 0 fully saturated rings. The van der Waals surface area contributed by atoms with E-state index in [4.69, 9.17) is 0 Å². The molecule has 2 aliphatic carbocycles. The van der Waals surface area contributed by atoms with Gasteiger partial charge in [0.2, 0.25) is 19.7 Å². The van der Waals surface area contributed by atoms with Gasteiger partial charge in [-0.15, -0.1) is 0 Å². The Morgan fingerprint density at radius 3 is 1.31 bits per heavy atom. The van der Waals surface area contributed by atoms with Crippen LogP contribution >= 0.6 is 0 Å². The van der Waals surface area contributed by atoms with Gasteiger partial charge in [0.1, 0.15) is 35.4 Å². The second kappa shape index (κ2) is 11.1. The van der Waals surface area contributed by atoms with Crippen molar-refractivity contribution in [3.63, 3.8) is 0 Å². The van der Waals surface area contributed by atoms with Gasteiger partial charge in [0.25, 0.3) is 0 Å². The quantitative estimate of drug-likeness (QED) is 0.182. The molecule has 0 aliphatic heterocycles. The lowest BCUT2D eigenvalue weighted by molar-refractivity contribution is 0.594. The molecular weight excluding hydrogens is 641 g/mol. The fourth-order valence-electron chi connectivity index (χ4n) is 6.38. The number of benzene rings is 5. The lowest BCUT2D eigenvalue weighted by atomic mass is 9.90. The molecule has 0 spiro atoms. The maximum Gasteiger partial charge on any atom is 0.206 e. The average molecular weight is 659 g/mol. The van der Waals surface area contributed by atoms with Crippen molar-refractivity contribution in [2.45, 2.75) is 19.6 Å². The first-order valence-electron chi connectivity index (χ1n) is 14.3. The third kappa shape index (κ3) is 4.30. The third-order valence-electron chi connectivity index (χ3n) is 8.48. The maximum atomic E-state index is 13.7. The van der Waals surface area contributed by atoms with Crippen molar-refractivity contribution in [3.05, 3.63) is 143 Å². The van der Waals surface area contributed by atoms with Crippen molar-refractivity contribution >= 4 is 30.8 Å². The summed E-state index contributed by atoms with van der Waals surface area (Å²) < 4.78 is 54.7.